The van der Waals surface area contributed by atoms with Gasteiger partial charge in [0.15, 0.2) is 0 Å². The van der Waals surface area contributed by atoms with Gasteiger partial charge in [0.2, 0.25) is 0 Å². The van der Waals surface area contributed by atoms with Gasteiger partial charge in [0, 0.05) is 11.9 Å². The predicted octanol–water partition coefficient (Wildman–Crippen LogP) is 1.38. The molecule has 1 aromatic rings. The first-order valence-electron chi connectivity index (χ1n) is 5.39. The zero-order valence-electron chi connectivity index (χ0n) is 9.79. The number of rotatable bonds is 2. The van der Waals surface area contributed by atoms with Gasteiger partial charge in [-0.15, -0.1) is 11.8 Å². The summed E-state index contributed by atoms with van der Waals surface area (Å²) in [4.78, 5) is 28.4. The van der Waals surface area contributed by atoms with Crippen molar-refractivity contribution in [1.29, 1.82) is 0 Å². The largest absolute Gasteiger partial charge is 0.480 e. The highest BCUT2D eigenvalue weighted by molar-refractivity contribution is 7.99. The molecule has 0 aromatic carbocycles. The molecule has 1 saturated heterocycles. The minimum Gasteiger partial charge on any atom is -0.480 e. The maximum absolute atomic E-state index is 12.0. The van der Waals surface area contributed by atoms with Gasteiger partial charge in [-0.3, -0.25) is 4.98 Å². The van der Waals surface area contributed by atoms with Crippen LogP contribution >= 0.6 is 11.8 Å². The van der Waals surface area contributed by atoms with Crippen LogP contribution in [0.3, 0.4) is 0 Å². The number of aryl methyl sites for hydroxylation is 1. The van der Waals surface area contributed by atoms with Crippen LogP contribution in [0.5, 0.6) is 0 Å². The van der Waals surface area contributed by atoms with E-state index in [1.54, 1.807) is 25.3 Å². The molecule has 2 amide bonds. The van der Waals surface area contributed by atoms with Gasteiger partial charge in [-0.2, -0.15) is 0 Å². The standard InChI is InChI=1S/C11H13N3O3S/c1-7-8(3-2-4-12-7)13-11(17)14-6-18-5-9(14)10(15)16/h2-4,9H,5-6H2,1H3,(H,13,17)(H,15,16)/t9-/m0/s1. The van der Waals surface area contributed by atoms with Gasteiger partial charge in [0.05, 0.1) is 17.3 Å². The number of hydrogen-bond donors (Lipinski definition) is 2. The topological polar surface area (TPSA) is 82.5 Å². The first-order valence-corrected chi connectivity index (χ1v) is 6.55. The number of nitrogens with zero attached hydrogens (tertiary/aromatic N) is 2. The molecule has 0 unspecified atom stereocenters. The molecular weight excluding hydrogens is 254 g/mol. The van der Waals surface area contributed by atoms with Crippen molar-refractivity contribution in [2.45, 2.75) is 13.0 Å². The van der Waals surface area contributed by atoms with Gasteiger partial charge in [0.25, 0.3) is 0 Å². The van der Waals surface area contributed by atoms with E-state index in [0.29, 0.717) is 23.0 Å². The molecule has 18 heavy (non-hydrogen) atoms. The first-order chi connectivity index (χ1) is 8.59. The molecule has 0 spiro atoms. The smallest absolute Gasteiger partial charge is 0.327 e. The Hall–Kier alpha value is -1.76. The van der Waals surface area contributed by atoms with Crippen molar-refractivity contribution in [3.05, 3.63) is 24.0 Å². The zero-order valence-corrected chi connectivity index (χ0v) is 10.6. The van der Waals surface area contributed by atoms with Gasteiger partial charge in [0.1, 0.15) is 6.04 Å². The second-order valence-corrected chi connectivity index (χ2v) is 4.89. The number of hydrogen-bond acceptors (Lipinski definition) is 4. The molecule has 7 heteroatoms. The number of thioether (sulfide) groups is 1. The van der Waals surface area contributed by atoms with Gasteiger partial charge in [-0.05, 0) is 19.1 Å². The Morgan fingerprint density at radius 3 is 3.06 bits per heavy atom. The number of urea groups is 1. The van der Waals surface area contributed by atoms with Crippen LogP contribution in [0, 0.1) is 6.92 Å². The summed E-state index contributed by atoms with van der Waals surface area (Å²) in [5.41, 5.74) is 1.30. The Bertz CT molecular complexity index is 480. The fourth-order valence-electron chi connectivity index (χ4n) is 1.65. The number of carboxylic acids is 1. The van der Waals surface area contributed by atoms with Gasteiger partial charge in [-0.1, -0.05) is 0 Å². The molecule has 1 fully saturated rings. The van der Waals surface area contributed by atoms with Gasteiger partial charge in [-0.25, -0.2) is 9.59 Å². The van der Waals surface area contributed by atoms with Gasteiger partial charge < -0.3 is 15.3 Å². The molecule has 2 N–H and O–H groups in total. The number of carbonyl (C=O) groups is 2. The van der Waals surface area contributed by atoms with Crippen molar-refractivity contribution in [2.75, 3.05) is 16.9 Å². The molecule has 2 heterocycles. The van der Waals surface area contributed by atoms with E-state index in [1.165, 1.54) is 16.7 Å². The van der Waals surface area contributed by atoms with Crippen LogP contribution in [0.1, 0.15) is 5.69 Å². The highest BCUT2D eigenvalue weighted by Crippen LogP contribution is 2.22. The molecule has 6 nitrogen and oxygen atoms in total. The van der Waals surface area contributed by atoms with Crippen LogP contribution in [0.4, 0.5) is 10.5 Å². The lowest BCUT2D eigenvalue weighted by molar-refractivity contribution is -0.140. The Labute approximate surface area is 108 Å². The second-order valence-electron chi connectivity index (χ2n) is 3.89. The number of nitrogens with one attached hydrogen (secondary N) is 1. The van der Waals surface area contributed by atoms with Crippen LogP contribution in [0.2, 0.25) is 0 Å². The van der Waals surface area contributed by atoms with Crippen molar-refractivity contribution >= 4 is 29.4 Å². The lowest BCUT2D eigenvalue weighted by Crippen LogP contribution is -2.44. The maximum atomic E-state index is 12.0. The van der Waals surface area contributed by atoms with E-state index in [1.807, 2.05) is 0 Å². The number of aliphatic carboxylic acids is 1. The first kappa shape index (κ1) is 12.7. The third-order valence-corrected chi connectivity index (χ3v) is 3.69. The summed E-state index contributed by atoms with van der Waals surface area (Å²) < 4.78 is 0. The number of carboxylic acid groups (broad SMARTS) is 1. The summed E-state index contributed by atoms with van der Waals surface area (Å²) in [6, 6.07) is 2.30. The SMILES string of the molecule is Cc1ncccc1NC(=O)N1CSC[C@H]1C(=O)O. The van der Waals surface area contributed by atoms with Crippen LogP contribution < -0.4 is 5.32 Å². The molecule has 1 aromatic heterocycles. The average molecular weight is 267 g/mol. The number of carbonyl (C=O) groups excluding carboxylic acids is 1. The van der Waals surface area contributed by atoms with Crippen LogP contribution in [0.25, 0.3) is 0 Å². The molecule has 1 atom stereocenters. The molecule has 0 bridgehead atoms. The minimum absolute atomic E-state index is 0.391. The fraction of sp³-hybridized carbons (Fsp3) is 0.364. The van der Waals surface area contributed by atoms with Crippen LogP contribution in [-0.4, -0.2) is 44.7 Å². The normalized spacial score (nSPS) is 18.7. The molecule has 0 saturated carbocycles. The maximum Gasteiger partial charge on any atom is 0.327 e. The summed E-state index contributed by atoms with van der Waals surface area (Å²) in [6.07, 6.45) is 1.64. The Morgan fingerprint density at radius 2 is 2.39 bits per heavy atom. The Balaban J connectivity index is 2.08. The van der Waals surface area contributed by atoms with Crippen molar-refractivity contribution in [3.63, 3.8) is 0 Å². The van der Waals surface area contributed by atoms with Crippen LogP contribution in [-0.2, 0) is 4.79 Å². The molecule has 1 aliphatic heterocycles. The minimum atomic E-state index is -0.974. The summed E-state index contributed by atoms with van der Waals surface area (Å²) in [7, 11) is 0. The fourth-order valence-corrected chi connectivity index (χ4v) is 2.80. The number of aromatic nitrogens is 1. The monoisotopic (exact) mass is 267 g/mol. The van der Waals surface area contributed by atoms with E-state index in [9.17, 15) is 9.59 Å². The van der Waals surface area contributed by atoms with Crippen molar-refractivity contribution in [1.82, 2.24) is 9.88 Å². The van der Waals surface area contributed by atoms with E-state index in [0.717, 1.165) is 0 Å². The Morgan fingerprint density at radius 1 is 1.61 bits per heavy atom. The highest BCUT2D eigenvalue weighted by Gasteiger charge is 2.34. The van der Waals surface area contributed by atoms with Crippen molar-refractivity contribution < 1.29 is 14.7 Å². The third-order valence-electron chi connectivity index (χ3n) is 2.68. The zero-order chi connectivity index (χ0) is 13.1. The summed E-state index contributed by atoms with van der Waals surface area (Å²) in [5.74, 6) is -0.158. The second kappa shape index (κ2) is 5.26. The quantitative estimate of drug-likeness (QED) is 0.846. The number of anilines is 1. The highest BCUT2D eigenvalue weighted by atomic mass is 32.2. The molecule has 2 rings (SSSR count). The number of pyridine rings is 1. The van der Waals surface area contributed by atoms with E-state index >= 15 is 0 Å². The summed E-state index contributed by atoms with van der Waals surface area (Å²) in [5, 5.41) is 11.7. The lowest BCUT2D eigenvalue weighted by atomic mass is 10.3. The lowest BCUT2D eigenvalue weighted by Gasteiger charge is -2.21. The summed E-state index contributed by atoms with van der Waals surface area (Å²) in [6.45, 7) is 1.78. The van der Waals surface area contributed by atoms with E-state index < -0.39 is 18.0 Å². The summed E-state index contributed by atoms with van der Waals surface area (Å²) >= 11 is 1.43. The average Bonchev–Trinajstić information content (AvgIpc) is 2.81. The van der Waals surface area contributed by atoms with Crippen LogP contribution in [0.15, 0.2) is 18.3 Å². The molecular formula is C11H13N3O3S. The van der Waals surface area contributed by atoms with Crippen molar-refractivity contribution in [3.8, 4) is 0 Å². The van der Waals surface area contributed by atoms with E-state index in [4.69, 9.17) is 5.11 Å². The third kappa shape index (κ3) is 2.56. The molecule has 96 valence electrons. The predicted molar refractivity (Wildman–Crippen MR) is 68.6 cm³/mol. The Kier molecular flexibility index (Phi) is 3.71. The molecule has 1 aliphatic rings. The molecule has 0 aliphatic carbocycles. The van der Waals surface area contributed by atoms with Gasteiger partial charge >= 0.3 is 12.0 Å². The van der Waals surface area contributed by atoms with E-state index in [2.05, 4.69) is 10.3 Å². The molecule has 0 radical (unpaired) electrons. The number of amides is 2. The van der Waals surface area contributed by atoms with E-state index in [-0.39, 0.29) is 0 Å². The van der Waals surface area contributed by atoms with Crippen molar-refractivity contribution in [2.24, 2.45) is 0 Å².